The summed E-state index contributed by atoms with van der Waals surface area (Å²) in [5.41, 5.74) is 0. The third kappa shape index (κ3) is 2.88. The van der Waals surface area contributed by atoms with Crippen molar-refractivity contribution in [2.45, 2.75) is 32.6 Å². The van der Waals surface area contributed by atoms with E-state index in [2.05, 4.69) is 21.4 Å². The average Bonchev–Trinajstić information content (AvgIpc) is 3.07. The Balaban J connectivity index is 1.55. The van der Waals surface area contributed by atoms with E-state index in [1.54, 1.807) is 4.52 Å². The van der Waals surface area contributed by atoms with Gasteiger partial charge in [0.1, 0.15) is 5.01 Å². The molecule has 3 heterocycles. The van der Waals surface area contributed by atoms with Crippen LogP contribution in [0.3, 0.4) is 0 Å². The van der Waals surface area contributed by atoms with Gasteiger partial charge in [0.15, 0.2) is 5.82 Å². The molecule has 3 rings (SSSR count). The maximum absolute atomic E-state index is 12.2. The van der Waals surface area contributed by atoms with Gasteiger partial charge in [0, 0.05) is 31.8 Å². The Labute approximate surface area is 126 Å². The van der Waals surface area contributed by atoms with Crippen LogP contribution in [0.15, 0.2) is 0 Å². The predicted molar refractivity (Wildman–Crippen MR) is 76.6 cm³/mol. The lowest BCUT2D eigenvalue weighted by Gasteiger charge is -2.29. The number of piperidine rings is 1. The van der Waals surface area contributed by atoms with Crippen molar-refractivity contribution in [1.82, 2.24) is 24.7 Å². The van der Waals surface area contributed by atoms with Crippen LogP contribution in [-0.4, -0.2) is 43.7 Å². The second-order valence-corrected chi connectivity index (χ2v) is 6.26. The number of nitriles is 1. The summed E-state index contributed by atoms with van der Waals surface area (Å²) in [6.07, 6.45) is 2.67. The number of carbonyl (C=O) groups is 1. The first-order valence-electron chi connectivity index (χ1n) is 7.02. The number of hydrogen-bond donors (Lipinski definition) is 0. The number of likely N-dealkylation sites (tertiary alicyclic amines) is 1. The van der Waals surface area contributed by atoms with Crippen molar-refractivity contribution in [3.05, 3.63) is 10.8 Å². The van der Waals surface area contributed by atoms with Gasteiger partial charge in [0.2, 0.25) is 10.9 Å². The molecule has 8 heteroatoms. The lowest BCUT2D eigenvalue weighted by Crippen LogP contribution is -2.38. The lowest BCUT2D eigenvalue weighted by molar-refractivity contribution is -0.132. The largest absolute Gasteiger partial charge is 0.343 e. The van der Waals surface area contributed by atoms with Crippen molar-refractivity contribution in [3.8, 4) is 6.07 Å². The molecule has 2 aromatic heterocycles. The maximum atomic E-state index is 12.2. The van der Waals surface area contributed by atoms with Crippen molar-refractivity contribution in [2.75, 3.05) is 13.1 Å². The van der Waals surface area contributed by atoms with E-state index in [-0.39, 0.29) is 11.8 Å². The molecular formula is C13H16N6OS. The maximum Gasteiger partial charge on any atom is 0.234 e. The van der Waals surface area contributed by atoms with E-state index in [1.165, 1.54) is 11.3 Å². The highest BCUT2D eigenvalue weighted by molar-refractivity contribution is 7.16. The number of hydrogen-bond acceptors (Lipinski definition) is 6. The molecule has 0 unspecified atom stereocenters. The SMILES string of the molecule is Cc1nnc2sc(CCC(=O)N3CCC(C#N)CC3)nn12. The third-order valence-electron chi connectivity index (χ3n) is 3.77. The second kappa shape index (κ2) is 5.77. The number of carbonyl (C=O) groups excluding carboxylic acids is 1. The molecule has 1 amide bonds. The lowest BCUT2D eigenvalue weighted by atomic mass is 9.98. The number of nitrogens with zero attached hydrogens (tertiary/aromatic N) is 6. The van der Waals surface area contributed by atoms with Crippen molar-refractivity contribution in [3.63, 3.8) is 0 Å². The summed E-state index contributed by atoms with van der Waals surface area (Å²) in [5, 5.41) is 22.1. The van der Waals surface area contributed by atoms with Gasteiger partial charge in [-0.15, -0.1) is 10.2 Å². The molecule has 1 fully saturated rings. The van der Waals surface area contributed by atoms with Crippen LogP contribution in [0.4, 0.5) is 0 Å². The van der Waals surface area contributed by atoms with Gasteiger partial charge in [0.05, 0.1) is 6.07 Å². The van der Waals surface area contributed by atoms with Crippen molar-refractivity contribution in [2.24, 2.45) is 5.92 Å². The summed E-state index contributed by atoms with van der Waals surface area (Å²) in [4.78, 5) is 14.8. The van der Waals surface area contributed by atoms with Crippen LogP contribution in [0, 0.1) is 24.2 Å². The molecule has 0 N–H and O–H groups in total. The highest BCUT2D eigenvalue weighted by Crippen LogP contribution is 2.19. The van der Waals surface area contributed by atoms with Crippen LogP contribution in [-0.2, 0) is 11.2 Å². The second-order valence-electron chi connectivity index (χ2n) is 5.22. The van der Waals surface area contributed by atoms with Crippen LogP contribution < -0.4 is 0 Å². The summed E-state index contributed by atoms with van der Waals surface area (Å²) >= 11 is 1.48. The zero-order valence-corrected chi connectivity index (χ0v) is 12.6. The molecule has 0 aliphatic carbocycles. The highest BCUT2D eigenvalue weighted by atomic mass is 32.1. The number of aryl methyl sites for hydroxylation is 2. The van der Waals surface area contributed by atoms with Crippen LogP contribution in [0.1, 0.15) is 30.1 Å². The monoisotopic (exact) mass is 304 g/mol. The Morgan fingerprint density at radius 3 is 2.86 bits per heavy atom. The van der Waals surface area contributed by atoms with E-state index in [9.17, 15) is 4.79 Å². The highest BCUT2D eigenvalue weighted by Gasteiger charge is 2.22. The molecule has 0 bridgehead atoms. The van der Waals surface area contributed by atoms with Crippen molar-refractivity contribution >= 4 is 22.2 Å². The van der Waals surface area contributed by atoms with E-state index in [0.29, 0.717) is 25.9 Å². The van der Waals surface area contributed by atoms with Gasteiger partial charge in [0.25, 0.3) is 0 Å². The fourth-order valence-corrected chi connectivity index (χ4v) is 3.36. The Bertz CT molecular complexity index is 691. The molecule has 0 spiro atoms. The zero-order chi connectivity index (χ0) is 14.8. The molecule has 0 radical (unpaired) electrons. The van der Waals surface area contributed by atoms with Gasteiger partial charge in [-0.25, -0.2) is 0 Å². The first-order valence-corrected chi connectivity index (χ1v) is 7.84. The van der Waals surface area contributed by atoms with Gasteiger partial charge in [-0.1, -0.05) is 11.3 Å². The number of rotatable bonds is 3. The summed E-state index contributed by atoms with van der Waals surface area (Å²) in [6, 6.07) is 2.28. The van der Waals surface area contributed by atoms with Gasteiger partial charge in [-0.05, 0) is 19.8 Å². The summed E-state index contributed by atoms with van der Waals surface area (Å²) in [5.74, 6) is 1.02. The Morgan fingerprint density at radius 2 is 2.19 bits per heavy atom. The van der Waals surface area contributed by atoms with Crippen LogP contribution in [0.25, 0.3) is 4.96 Å². The molecule has 21 heavy (non-hydrogen) atoms. The van der Waals surface area contributed by atoms with Gasteiger partial charge in [-0.3, -0.25) is 4.79 Å². The molecule has 1 aliphatic heterocycles. The Hall–Kier alpha value is -2.01. The van der Waals surface area contributed by atoms with E-state index < -0.39 is 0 Å². The minimum absolute atomic E-state index is 0.108. The number of amides is 1. The molecule has 7 nitrogen and oxygen atoms in total. The summed E-state index contributed by atoms with van der Waals surface area (Å²) in [7, 11) is 0. The van der Waals surface area contributed by atoms with Crippen molar-refractivity contribution < 1.29 is 4.79 Å². The van der Waals surface area contributed by atoms with Crippen LogP contribution in [0.2, 0.25) is 0 Å². The molecule has 2 aromatic rings. The quantitative estimate of drug-likeness (QED) is 0.850. The fraction of sp³-hybridized carbons (Fsp3) is 0.615. The molecule has 0 atom stereocenters. The van der Waals surface area contributed by atoms with Gasteiger partial charge >= 0.3 is 0 Å². The molecule has 0 saturated carbocycles. The van der Waals surface area contributed by atoms with E-state index in [4.69, 9.17) is 5.26 Å². The van der Waals surface area contributed by atoms with Gasteiger partial charge in [-0.2, -0.15) is 14.9 Å². The predicted octanol–water partition coefficient (Wildman–Crippen LogP) is 1.19. The number of aromatic nitrogens is 4. The van der Waals surface area contributed by atoms with Crippen LogP contribution in [0.5, 0.6) is 0 Å². The average molecular weight is 304 g/mol. The smallest absolute Gasteiger partial charge is 0.234 e. The molecule has 0 aromatic carbocycles. The first-order chi connectivity index (χ1) is 10.2. The summed E-state index contributed by atoms with van der Waals surface area (Å²) in [6.45, 7) is 3.25. The first kappa shape index (κ1) is 13.9. The molecule has 1 saturated heterocycles. The normalized spacial score (nSPS) is 16.3. The Kier molecular flexibility index (Phi) is 3.84. The molecule has 1 aliphatic rings. The minimum Gasteiger partial charge on any atom is -0.343 e. The zero-order valence-electron chi connectivity index (χ0n) is 11.8. The van der Waals surface area contributed by atoms with Crippen molar-refractivity contribution in [1.29, 1.82) is 5.26 Å². The number of fused-ring (bicyclic) bond motifs is 1. The Morgan fingerprint density at radius 1 is 1.43 bits per heavy atom. The van der Waals surface area contributed by atoms with E-state index in [1.807, 2.05) is 11.8 Å². The van der Waals surface area contributed by atoms with Gasteiger partial charge < -0.3 is 4.90 Å². The topological polar surface area (TPSA) is 87.2 Å². The minimum atomic E-state index is 0.108. The van der Waals surface area contributed by atoms with E-state index >= 15 is 0 Å². The third-order valence-corrected chi connectivity index (χ3v) is 4.73. The summed E-state index contributed by atoms with van der Waals surface area (Å²) < 4.78 is 1.71. The van der Waals surface area contributed by atoms with E-state index in [0.717, 1.165) is 28.6 Å². The molecular weight excluding hydrogens is 288 g/mol. The van der Waals surface area contributed by atoms with Crippen LogP contribution >= 0.6 is 11.3 Å². The molecule has 110 valence electrons. The standard InChI is InChI=1S/C13H16N6OS/c1-9-15-16-13-19(9)17-11(21-13)2-3-12(20)18-6-4-10(8-14)5-7-18/h10H,2-7H2,1H3. The fourth-order valence-electron chi connectivity index (χ4n) is 2.49.